The van der Waals surface area contributed by atoms with Gasteiger partial charge >= 0.3 is 0 Å². The van der Waals surface area contributed by atoms with E-state index in [0.29, 0.717) is 5.92 Å². The Hall–Kier alpha value is -1.18. The van der Waals surface area contributed by atoms with Crippen LogP contribution >= 0.6 is 0 Å². The molecule has 1 aliphatic carbocycles. The van der Waals surface area contributed by atoms with Crippen molar-refractivity contribution in [2.24, 2.45) is 5.92 Å². The molecule has 3 rings (SSSR count). The first-order chi connectivity index (χ1) is 8.88. The summed E-state index contributed by atoms with van der Waals surface area (Å²) in [7, 11) is 1.75. The van der Waals surface area contributed by atoms with Gasteiger partial charge in [-0.1, -0.05) is 25.7 Å². The van der Waals surface area contributed by atoms with Crippen LogP contribution in [0.2, 0.25) is 0 Å². The van der Waals surface area contributed by atoms with Crippen molar-refractivity contribution in [2.45, 2.75) is 44.4 Å². The molecule has 1 heterocycles. The summed E-state index contributed by atoms with van der Waals surface area (Å²) in [6.07, 6.45) is 8.51. The molecular weight excluding hydrogens is 222 g/mol. The van der Waals surface area contributed by atoms with Gasteiger partial charge in [0, 0.05) is 18.2 Å². The van der Waals surface area contributed by atoms with E-state index in [9.17, 15) is 0 Å². The Morgan fingerprint density at radius 3 is 2.61 bits per heavy atom. The fraction of sp³-hybridized carbons (Fsp3) is 0.625. The second-order valence-corrected chi connectivity index (χ2v) is 5.69. The van der Waals surface area contributed by atoms with Gasteiger partial charge in [0.15, 0.2) is 0 Å². The average Bonchev–Trinajstić information content (AvgIpc) is 2.64. The van der Waals surface area contributed by atoms with Crippen molar-refractivity contribution in [1.82, 2.24) is 0 Å². The van der Waals surface area contributed by atoms with E-state index in [4.69, 9.17) is 4.74 Å². The Kier molecular flexibility index (Phi) is 3.44. The number of nitrogens with one attached hydrogen (secondary N) is 1. The zero-order valence-electron chi connectivity index (χ0n) is 11.2. The Morgan fingerprint density at radius 2 is 1.89 bits per heavy atom. The Labute approximate surface area is 110 Å². The van der Waals surface area contributed by atoms with E-state index < -0.39 is 0 Å². The van der Waals surface area contributed by atoms with Gasteiger partial charge in [0.05, 0.1) is 7.11 Å². The summed E-state index contributed by atoms with van der Waals surface area (Å²) in [5, 5.41) is 3.56. The molecule has 1 aromatic carbocycles. The molecule has 2 nitrogen and oxygen atoms in total. The molecule has 0 aromatic heterocycles. The minimum atomic E-state index is 0.702. The summed E-state index contributed by atoms with van der Waals surface area (Å²) in [6.45, 7) is 1.12. The van der Waals surface area contributed by atoms with Crippen LogP contribution in [0.4, 0.5) is 5.69 Å². The molecule has 0 bridgehead atoms. The van der Waals surface area contributed by atoms with Crippen molar-refractivity contribution in [2.75, 3.05) is 19.0 Å². The van der Waals surface area contributed by atoms with Crippen LogP contribution in [0.1, 0.15) is 50.0 Å². The van der Waals surface area contributed by atoms with Crippen molar-refractivity contribution < 1.29 is 4.74 Å². The lowest BCUT2D eigenvalue weighted by Crippen LogP contribution is -2.14. The van der Waals surface area contributed by atoms with E-state index in [0.717, 1.165) is 18.2 Å². The van der Waals surface area contributed by atoms with Gasteiger partial charge < -0.3 is 10.1 Å². The standard InChI is InChI=1S/C16H23NO/c1-18-13-8-9-16-14(10-13)15(11-17-16)12-6-4-2-3-5-7-12/h8-10,12,15,17H,2-7,11H2,1H3. The van der Waals surface area contributed by atoms with Crippen molar-refractivity contribution in [3.05, 3.63) is 23.8 Å². The first kappa shape index (κ1) is 11.9. The van der Waals surface area contributed by atoms with Crippen LogP contribution < -0.4 is 10.1 Å². The van der Waals surface area contributed by atoms with Gasteiger partial charge in [0.2, 0.25) is 0 Å². The summed E-state index contributed by atoms with van der Waals surface area (Å²) >= 11 is 0. The third-order valence-electron chi connectivity index (χ3n) is 4.64. The smallest absolute Gasteiger partial charge is 0.119 e. The van der Waals surface area contributed by atoms with Crippen LogP contribution in [0.3, 0.4) is 0 Å². The van der Waals surface area contributed by atoms with Gasteiger partial charge in [-0.2, -0.15) is 0 Å². The lowest BCUT2D eigenvalue weighted by Gasteiger charge is -2.22. The van der Waals surface area contributed by atoms with E-state index in [-0.39, 0.29) is 0 Å². The molecule has 18 heavy (non-hydrogen) atoms. The molecule has 0 saturated heterocycles. The molecule has 1 atom stereocenters. The Bertz CT molecular complexity index is 408. The van der Waals surface area contributed by atoms with Gasteiger partial charge in [0.25, 0.3) is 0 Å². The third kappa shape index (κ3) is 2.21. The average molecular weight is 245 g/mol. The zero-order chi connectivity index (χ0) is 12.4. The highest BCUT2D eigenvalue weighted by Gasteiger charge is 2.30. The molecule has 2 heteroatoms. The summed E-state index contributed by atoms with van der Waals surface area (Å²) < 4.78 is 5.37. The van der Waals surface area contributed by atoms with E-state index in [1.165, 1.54) is 49.8 Å². The van der Waals surface area contributed by atoms with Crippen molar-refractivity contribution in [1.29, 1.82) is 0 Å². The number of rotatable bonds is 2. The highest BCUT2D eigenvalue weighted by atomic mass is 16.5. The van der Waals surface area contributed by atoms with Gasteiger partial charge in [0.1, 0.15) is 5.75 Å². The first-order valence-corrected chi connectivity index (χ1v) is 7.30. The summed E-state index contributed by atoms with van der Waals surface area (Å²) in [5.74, 6) is 2.57. The first-order valence-electron chi connectivity index (χ1n) is 7.30. The highest BCUT2D eigenvalue weighted by molar-refractivity contribution is 5.60. The molecular formula is C16H23NO. The molecule has 1 saturated carbocycles. The van der Waals surface area contributed by atoms with Gasteiger partial charge in [-0.05, 0) is 42.5 Å². The molecule has 1 N–H and O–H groups in total. The Morgan fingerprint density at radius 1 is 1.11 bits per heavy atom. The number of anilines is 1. The number of fused-ring (bicyclic) bond motifs is 1. The van der Waals surface area contributed by atoms with Gasteiger partial charge in [-0.15, -0.1) is 0 Å². The minimum absolute atomic E-state index is 0.702. The molecule has 1 unspecified atom stereocenters. The van der Waals surface area contributed by atoms with E-state index in [2.05, 4.69) is 23.5 Å². The van der Waals surface area contributed by atoms with Crippen LogP contribution in [0, 0.1) is 5.92 Å². The monoisotopic (exact) mass is 245 g/mol. The predicted octanol–water partition coefficient (Wildman–Crippen LogP) is 4.17. The van der Waals surface area contributed by atoms with E-state index in [1.807, 2.05) is 0 Å². The van der Waals surface area contributed by atoms with E-state index in [1.54, 1.807) is 7.11 Å². The molecule has 98 valence electrons. The molecule has 1 aliphatic heterocycles. The largest absolute Gasteiger partial charge is 0.497 e. The SMILES string of the molecule is COc1ccc2c(c1)C(C1CCCCCC1)CN2. The van der Waals surface area contributed by atoms with Crippen LogP contribution in [-0.2, 0) is 0 Å². The topological polar surface area (TPSA) is 21.3 Å². The maximum absolute atomic E-state index is 5.37. The number of benzene rings is 1. The summed E-state index contributed by atoms with van der Waals surface area (Å²) in [5.41, 5.74) is 2.81. The minimum Gasteiger partial charge on any atom is -0.497 e. The highest BCUT2D eigenvalue weighted by Crippen LogP contribution is 2.42. The molecule has 0 spiro atoms. The predicted molar refractivity (Wildman–Crippen MR) is 75.4 cm³/mol. The van der Waals surface area contributed by atoms with Crippen molar-refractivity contribution in [3.8, 4) is 5.75 Å². The second kappa shape index (κ2) is 5.21. The van der Waals surface area contributed by atoms with Crippen LogP contribution in [0.25, 0.3) is 0 Å². The van der Waals surface area contributed by atoms with Crippen molar-refractivity contribution >= 4 is 5.69 Å². The molecule has 1 aromatic rings. The number of hydrogen-bond donors (Lipinski definition) is 1. The lowest BCUT2D eigenvalue weighted by atomic mass is 9.82. The maximum atomic E-state index is 5.37. The quantitative estimate of drug-likeness (QED) is 0.789. The van der Waals surface area contributed by atoms with Crippen molar-refractivity contribution in [3.63, 3.8) is 0 Å². The molecule has 0 radical (unpaired) electrons. The van der Waals surface area contributed by atoms with E-state index >= 15 is 0 Å². The molecule has 2 aliphatic rings. The molecule has 1 fully saturated rings. The Balaban J connectivity index is 1.83. The number of ether oxygens (including phenoxy) is 1. The second-order valence-electron chi connectivity index (χ2n) is 5.69. The maximum Gasteiger partial charge on any atom is 0.119 e. The van der Waals surface area contributed by atoms with Gasteiger partial charge in [-0.3, -0.25) is 0 Å². The summed E-state index contributed by atoms with van der Waals surface area (Å²) in [4.78, 5) is 0. The normalized spacial score (nSPS) is 24.2. The molecule has 0 amide bonds. The summed E-state index contributed by atoms with van der Waals surface area (Å²) in [6, 6.07) is 6.47. The fourth-order valence-corrected chi connectivity index (χ4v) is 3.60. The number of methoxy groups -OCH3 is 1. The van der Waals surface area contributed by atoms with Crippen LogP contribution in [0.5, 0.6) is 5.75 Å². The van der Waals surface area contributed by atoms with Crippen LogP contribution in [-0.4, -0.2) is 13.7 Å². The lowest BCUT2D eigenvalue weighted by molar-refractivity contribution is 0.390. The van der Waals surface area contributed by atoms with Crippen LogP contribution in [0.15, 0.2) is 18.2 Å². The number of hydrogen-bond acceptors (Lipinski definition) is 2. The third-order valence-corrected chi connectivity index (χ3v) is 4.64. The van der Waals surface area contributed by atoms with Gasteiger partial charge in [-0.25, -0.2) is 0 Å². The zero-order valence-corrected chi connectivity index (χ0v) is 11.2. The fourth-order valence-electron chi connectivity index (χ4n) is 3.60.